The van der Waals surface area contributed by atoms with Crippen molar-refractivity contribution in [2.45, 2.75) is 12.5 Å². The maximum absolute atomic E-state index is 13.3. The van der Waals surface area contributed by atoms with Crippen molar-refractivity contribution in [1.82, 2.24) is 4.90 Å². The van der Waals surface area contributed by atoms with Gasteiger partial charge in [-0.25, -0.2) is 9.18 Å². The van der Waals surface area contributed by atoms with Gasteiger partial charge in [0.15, 0.2) is 6.04 Å². The van der Waals surface area contributed by atoms with E-state index in [2.05, 4.69) is 10.0 Å². The van der Waals surface area contributed by atoms with Crippen molar-refractivity contribution in [3.63, 3.8) is 0 Å². The standard InChI is InChI=1S/C13H13FN4O3/c14-10-3-1-2-9(5-10)12(13(20)21)18-7-8(4-11(18)19)6-16-17-15/h1-3,5,8,12H,4,6-7H2,(H,20,21). The van der Waals surface area contributed by atoms with Crippen molar-refractivity contribution in [3.8, 4) is 0 Å². The van der Waals surface area contributed by atoms with E-state index in [1.807, 2.05) is 0 Å². The van der Waals surface area contributed by atoms with Gasteiger partial charge in [-0.3, -0.25) is 4.79 Å². The molecule has 1 aromatic carbocycles. The van der Waals surface area contributed by atoms with Crippen LogP contribution in [0, 0.1) is 11.7 Å². The Morgan fingerprint density at radius 2 is 2.38 bits per heavy atom. The van der Waals surface area contributed by atoms with Gasteiger partial charge < -0.3 is 10.0 Å². The molecule has 2 unspecified atom stereocenters. The van der Waals surface area contributed by atoms with Crippen LogP contribution in [0.15, 0.2) is 29.4 Å². The molecule has 0 spiro atoms. The third-order valence-electron chi connectivity index (χ3n) is 3.35. The molecule has 2 rings (SSSR count). The summed E-state index contributed by atoms with van der Waals surface area (Å²) in [7, 11) is 0. The number of carbonyl (C=O) groups excluding carboxylic acids is 1. The molecule has 1 aliphatic heterocycles. The van der Waals surface area contributed by atoms with E-state index < -0.39 is 17.8 Å². The molecule has 1 amide bonds. The average molecular weight is 292 g/mol. The van der Waals surface area contributed by atoms with Crippen molar-refractivity contribution >= 4 is 11.9 Å². The summed E-state index contributed by atoms with van der Waals surface area (Å²) < 4.78 is 13.3. The van der Waals surface area contributed by atoms with E-state index in [0.717, 1.165) is 6.07 Å². The molecule has 1 saturated heterocycles. The first-order chi connectivity index (χ1) is 10.0. The number of carbonyl (C=O) groups is 2. The molecule has 8 heteroatoms. The molecular weight excluding hydrogens is 279 g/mol. The minimum atomic E-state index is -1.23. The molecule has 0 aliphatic carbocycles. The van der Waals surface area contributed by atoms with Crippen LogP contribution in [0.1, 0.15) is 18.0 Å². The Balaban J connectivity index is 2.25. The molecule has 21 heavy (non-hydrogen) atoms. The SMILES string of the molecule is [N-]=[N+]=NCC1CC(=O)N(C(C(=O)O)c2cccc(F)c2)C1. The molecule has 110 valence electrons. The first-order valence-corrected chi connectivity index (χ1v) is 6.31. The number of aliphatic carboxylic acids is 1. The summed E-state index contributed by atoms with van der Waals surface area (Å²) in [5.74, 6) is -2.34. The fourth-order valence-corrected chi connectivity index (χ4v) is 2.46. The lowest BCUT2D eigenvalue weighted by atomic mass is 10.1. The van der Waals surface area contributed by atoms with Crippen molar-refractivity contribution in [1.29, 1.82) is 0 Å². The van der Waals surface area contributed by atoms with E-state index in [9.17, 15) is 19.1 Å². The minimum absolute atomic E-state index is 0.123. The zero-order valence-electron chi connectivity index (χ0n) is 11.0. The number of likely N-dealkylation sites (tertiary alicyclic amines) is 1. The fourth-order valence-electron chi connectivity index (χ4n) is 2.46. The van der Waals surface area contributed by atoms with Gasteiger partial charge in [-0.05, 0) is 29.1 Å². The third-order valence-corrected chi connectivity index (χ3v) is 3.35. The number of carboxylic acids is 1. The van der Waals surface area contributed by atoms with E-state index in [4.69, 9.17) is 5.53 Å². The molecule has 0 bridgehead atoms. The molecule has 1 aliphatic rings. The van der Waals surface area contributed by atoms with Crippen LogP contribution >= 0.6 is 0 Å². The number of halogens is 1. The van der Waals surface area contributed by atoms with E-state index in [0.29, 0.717) is 0 Å². The van der Waals surface area contributed by atoms with E-state index in [1.54, 1.807) is 0 Å². The van der Waals surface area contributed by atoms with Gasteiger partial charge >= 0.3 is 5.97 Å². The second kappa shape index (κ2) is 6.23. The monoisotopic (exact) mass is 292 g/mol. The fraction of sp³-hybridized carbons (Fsp3) is 0.385. The Hall–Kier alpha value is -2.60. The molecule has 7 nitrogen and oxygen atoms in total. The number of hydrogen-bond donors (Lipinski definition) is 1. The van der Waals surface area contributed by atoms with Gasteiger partial charge in [0.05, 0.1) is 0 Å². The molecular formula is C13H13FN4O3. The Labute approximate surface area is 119 Å². The zero-order chi connectivity index (χ0) is 15.4. The van der Waals surface area contributed by atoms with Crippen LogP contribution < -0.4 is 0 Å². The quantitative estimate of drug-likeness (QED) is 0.510. The summed E-state index contributed by atoms with van der Waals surface area (Å²) in [6.07, 6.45) is 0.123. The van der Waals surface area contributed by atoms with Gasteiger partial charge in [-0.2, -0.15) is 0 Å². The predicted octanol–water partition coefficient (Wildman–Crippen LogP) is 2.11. The molecule has 1 N–H and O–H groups in total. The molecule has 0 aromatic heterocycles. The Bertz CT molecular complexity index is 615. The number of carboxylic acid groups (broad SMARTS) is 1. The summed E-state index contributed by atoms with van der Waals surface area (Å²) >= 11 is 0. The molecule has 0 saturated carbocycles. The van der Waals surface area contributed by atoms with E-state index in [1.165, 1.54) is 23.1 Å². The lowest BCUT2D eigenvalue weighted by Gasteiger charge is -2.25. The smallest absolute Gasteiger partial charge is 0.331 e. The topological polar surface area (TPSA) is 106 Å². The number of azide groups is 1. The zero-order valence-corrected chi connectivity index (χ0v) is 11.0. The maximum atomic E-state index is 13.3. The highest BCUT2D eigenvalue weighted by Crippen LogP contribution is 2.29. The summed E-state index contributed by atoms with van der Waals surface area (Å²) in [6.45, 7) is 0.305. The van der Waals surface area contributed by atoms with Gasteiger partial charge in [0.1, 0.15) is 5.82 Å². The second-order valence-electron chi connectivity index (χ2n) is 4.83. The molecule has 1 aromatic rings. The van der Waals surface area contributed by atoms with E-state index >= 15 is 0 Å². The highest BCUT2D eigenvalue weighted by atomic mass is 19.1. The number of rotatable bonds is 5. The van der Waals surface area contributed by atoms with Crippen molar-refractivity contribution < 1.29 is 19.1 Å². The average Bonchev–Trinajstić information content (AvgIpc) is 2.77. The Kier molecular flexibility index (Phi) is 4.39. The van der Waals surface area contributed by atoms with Crippen LogP contribution in [-0.2, 0) is 9.59 Å². The second-order valence-corrected chi connectivity index (χ2v) is 4.83. The number of amides is 1. The van der Waals surface area contributed by atoms with Gasteiger partial charge in [0.2, 0.25) is 5.91 Å². The van der Waals surface area contributed by atoms with Gasteiger partial charge in [-0.1, -0.05) is 17.2 Å². The molecule has 1 heterocycles. The third kappa shape index (κ3) is 3.29. The largest absolute Gasteiger partial charge is 0.479 e. The Morgan fingerprint density at radius 3 is 3.00 bits per heavy atom. The normalized spacial score (nSPS) is 19.2. The van der Waals surface area contributed by atoms with Crippen LogP contribution in [0.4, 0.5) is 4.39 Å². The number of nitrogens with zero attached hydrogens (tertiary/aromatic N) is 4. The van der Waals surface area contributed by atoms with Crippen molar-refractivity contribution in [2.24, 2.45) is 11.0 Å². The highest BCUT2D eigenvalue weighted by molar-refractivity contribution is 5.86. The lowest BCUT2D eigenvalue weighted by Crippen LogP contribution is -2.35. The Morgan fingerprint density at radius 1 is 1.62 bits per heavy atom. The first kappa shape index (κ1) is 14.8. The highest BCUT2D eigenvalue weighted by Gasteiger charge is 2.38. The van der Waals surface area contributed by atoms with Crippen molar-refractivity contribution in [2.75, 3.05) is 13.1 Å². The molecule has 1 fully saturated rings. The van der Waals surface area contributed by atoms with Crippen LogP contribution in [-0.4, -0.2) is 35.0 Å². The molecule has 2 atom stereocenters. The van der Waals surface area contributed by atoms with Crippen LogP contribution in [0.2, 0.25) is 0 Å². The van der Waals surface area contributed by atoms with Crippen molar-refractivity contribution in [3.05, 3.63) is 46.1 Å². The van der Waals surface area contributed by atoms with Crippen LogP contribution in [0.5, 0.6) is 0 Å². The first-order valence-electron chi connectivity index (χ1n) is 6.31. The van der Waals surface area contributed by atoms with E-state index in [-0.39, 0.29) is 36.9 Å². The summed E-state index contributed by atoms with van der Waals surface area (Å²) in [4.78, 5) is 27.3. The molecule has 0 radical (unpaired) electrons. The van der Waals surface area contributed by atoms with Gasteiger partial charge in [-0.15, -0.1) is 0 Å². The summed E-state index contributed by atoms with van der Waals surface area (Å²) in [6, 6.07) is 3.95. The summed E-state index contributed by atoms with van der Waals surface area (Å²) in [5, 5.41) is 12.8. The van der Waals surface area contributed by atoms with Crippen LogP contribution in [0.3, 0.4) is 0 Å². The van der Waals surface area contributed by atoms with Gasteiger partial charge in [0, 0.05) is 24.4 Å². The van der Waals surface area contributed by atoms with Crippen LogP contribution in [0.25, 0.3) is 10.4 Å². The maximum Gasteiger partial charge on any atom is 0.331 e. The lowest BCUT2D eigenvalue weighted by molar-refractivity contribution is -0.148. The summed E-state index contributed by atoms with van der Waals surface area (Å²) in [5.41, 5.74) is 8.50. The predicted molar refractivity (Wildman–Crippen MR) is 70.6 cm³/mol. The minimum Gasteiger partial charge on any atom is -0.479 e. The number of benzene rings is 1. The van der Waals surface area contributed by atoms with Gasteiger partial charge in [0.25, 0.3) is 0 Å². The number of hydrogen-bond acceptors (Lipinski definition) is 3.